The largest absolute Gasteiger partial charge is 0.390 e. The van der Waals surface area contributed by atoms with E-state index in [9.17, 15) is 14.6 Å². The summed E-state index contributed by atoms with van der Waals surface area (Å²) in [5, 5.41) is 19.9. The quantitative estimate of drug-likeness (QED) is 0.839. The Balaban J connectivity index is 2.86. The number of halogens is 3. The van der Waals surface area contributed by atoms with Crippen LogP contribution in [0.4, 0.5) is 4.39 Å². The van der Waals surface area contributed by atoms with Crippen LogP contribution in [0.5, 0.6) is 0 Å². The fraction of sp³-hybridized carbons (Fsp3) is 0.400. The number of hydrogen-bond donors (Lipinski definition) is 2. The Morgan fingerprint density at radius 2 is 2.07 bits per heavy atom. The van der Waals surface area contributed by atoms with Crippen LogP contribution in [-0.2, 0) is 0 Å². The summed E-state index contributed by atoms with van der Waals surface area (Å²) < 4.78 is 13.3. The molecule has 0 spiro atoms. The van der Waals surface area contributed by atoms with Crippen LogP contribution in [0.3, 0.4) is 0 Å². The predicted octanol–water partition coefficient (Wildman–Crippen LogP) is 2.66. The molecule has 1 aromatic rings. The van der Waals surface area contributed by atoms with Crippen molar-refractivity contribution in [3.8, 4) is 0 Å². The fourth-order valence-corrected chi connectivity index (χ4v) is 1.85. The fourth-order valence-electron chi connectivity index (χ4n) is 1.22. The molecule has 0 saturated carbocycles. The Morgan fingerprint density at radius 1 is 1.40 bits per heavy atom. The molecule has 2 unspecified atom stereocenters. The van der Waals surface area contributed by atoms with E-state index < -0.39 is 18.0 Å². The first-order chi connectivity index (χ1) is 7.06. The molecular formula is C10H11BrClFO2. The average Bonchev–Trinajstić information content (AvgIpc) is 2.17. The molecule has 0 radical (unpaired) electrons. The molecule has 0 aromatic heterocycles. The number of hydrogen-bond acceptors (Lipinski definition) is 2. The van der Waals surface area contributed by atoms with E-state index in [2.05, 4.69) is 15.9 Å². The van der Waals surface area contributed by atoms with E-state index in [0.717, 1.165) is 6.07 Å². The monoisotopic (exact) mass is 296 g/mol. The van der Waals surface area contributed by atoms with Gasteiger partial charge in [0, 0.05) is 15.9 Å². The molecule has 0 fully saturated rings. The Morgan fingerprint density at radius 3 is 2.60 bits per heavy atom. The van der Waals surface area contributed by atoms with Crippen LogP contribution < -0.4 is 0 Å². The topological polar surface area (TPSA) is 40.5 Å². The lowest BCUT2D eigenvalue weighted by molar-refractivity contribution is 0.0153. The zero-order chi connectivity index (χ0) is 11.4. The highest BCUT2D eigenvalue weighted by Gasteiger charge is 2.20. The van der Waals surface area contributed by atoms with Gasteiger partial charge in [-0.2, -0.15) is 0 Å². The molecule has 0 saturated heterocycles. The van der Waals surface area contributed by atoms with Crippen LogP contribution in [0.2, 0.25) is 5.02 Å². The van der Waals surface area contributed by atoms with Crippen molar-refractivity contribution in [3.63, 3.8) is 0 Å². The highest BCUT2D eigenvalue weighted by atomic mass is 79.9. The van der Waals surface area contributed by atoms with E-state index in [1.54, 1.807) is 0 Å². The Kier molecular flexibility index (Phi) is 4.99. The van der Waals surface area contributed by atoms with Gasteiger partial charge < -0.3 is 10.2 Å². The smallest absolute Gasteiger partial charge is 0.130 e. The van der Waals surface area contributed by atoms with Crippen molar-refractivity contribution in [2.75, 3.05) is 5.33 Å². The van der Waals surface area contributed by atoms with Gasteiger partial charge in [0.15, 0.2) is 0 Å². The van der Waals surface area contributed by atoms with Crippen LogP contribution in [0.15, 0.2) is 18.2 Å². The lowest BCUT2D eigenvalue weighted by atomic mass is 10.0. The van der Waals surface area contributed by atoms with Crippen molar-refractivity contribution in [2.45, 2.75) is 18.6 Å². The first-order valence-electron chi connectivity index (χ1n) is 4.43. The lowest BCUT2D eigenvalue weighted by Gasteiger charge is -2.17. The normalized spacial score (nSPS) is 15.0. The van der Waals surface area contributed by atoms with E-state index in [0.29, 0.717) is 11.8 Å². The SMILES string of the molecule is OC(CCBr)C(O)c1ccc(Cl)cc1F. The molecule has 0 aliphatic carbocycles. The molecule has 84 valence electrons. The van der Waals surface area contributed by atoms with Crippen molar-refractivity contribution in [3.05, 3.63) is 34.6 Å². The minimum absolute atomic E-state index is 0.0628. The number of benzene rings is 1. The number of alkyl halides is 1. The molecule has 2 N–H and O–H groups in total. The molecule has 0 heterocycles. The van der Waals surface area contributed by atoms with Gasteiger partial charge in [-0.25, -0.2) is 4.39 Å². The summed E-state index contributed by atoms with van der Waals surface area (Å²) in [6.45, 7) is 0. The standard InChI is InChI=1S/C10H11BrClFO2/c11-4-3-9(14)10(15)7-2-1-6(12)5-8(7)13/h1-2,5,9-10,14-15H,3-4H2. The van der Waals surface area contributed by atoms with Crippen LogP contribution >= 0.6 is 27.5 Å². The zero-order valence-electron chi connectivity index (χ0n) is 7.83. The highest BCUT2D eigenvalue weighted by Crippen LogP contribution is 2.24. The summed E-state index contributed by atoms with van der Waals surface area (Å²) in [4.78, 5) is 0. The summed E-state index contributed by atoms with van der Waals surface area (Å²) in [7, 11) is 0. The minimum atomic E-state index is -1.22. The maximum absolute atomic E-state index is 13.3. The second-order valence-corrected chi connectivity index (χ2v) is 4.39. The molecule has 0 amide bonds. The number of rotatable bonds is 4. The van der Waals surface area contributed by atoms with Gasteiger partial charge in [0.05, 0.1) is 6.10 Å². The molecule has 1 rings (SSSR count). The van der Waals surface area contributed by atoms with Gasteiger partial charge >= 0.3 is 0 Å². The van der Waals surface area contributed by atoms with Crippen molar-refractivity contribution >= 4 is 27.5 Å². The van der Waals surface area contributed by atoms with Gasteiger partial charge in [-0.05, 0) is 18.6 Å². The molecule has 0 bridgehead atoms. The Hall–Kier alpha value is -0.160. The molecule has 2 nitrogen and oxygen atoms in total. The maximum Gasteiger partial charge on any atom is 0.130 e. The third-order valence-electron chi connectivity index (χ3n) is 2.05. The van der Waals surface area contributed by atoms with Gasteiger partial charge in [0.1, 0.15) is 11.9 Å². The second-order valence-electron chi connectivity index (χ2n) is 3.16. The average molecular weight is 298 g/mol. The molecule has 1 aromatic carbocycles. The third-order valence-corrected chi connectivity index (χ3v) is 2.74. The van der Waals surface area contributed by atoms with Crippen LogP contribution in [-0.4, -0.2) is 21.6 Å². The van der Waals surface area contributed by atoms with Crippen LogP contribution in [0, 0.1) is 5.82 Å². The van der Waals surface area contributed by atoms with Crippen molar-refractivity contribution in [1.29, 1.82) is 0 Å². The molecule has 2 atom stereocenters. The molecule has 5 heteroatoms. The molecular weight excluding hydrogens is 286 g/mol. The van der Waals surface area contributed by atoms with Crippen molar-refractivity contribution < 1.29 is 14.6 Å². The van der Waals surface area contributed by atoms with E-state index in [-0.39, 0.29) is 10.6 Å². The first-order valence-corrected chi connectivity index (χ1v) is 5.93. The molecule has 0 aliphatic heterocycles. The maximum atomic E-state index is 13.3. The minimum Gasteiger partial charge on any atom is -0.390 e. The van der Waals surface area contributed by atoms with E-state index in [1.165, 1.54) is 12.1 Å². The predicted molar refractivity (Wildman–Crippen MR) is 60.8 cm³/mol. The summed E-state index contributed by atoms with van der Waals surface area (Å²) in [6, 6.07) is 3.96. The summed E-state index contributed by atoms with van der Waals surface area (Å²) in [5.74, 6) is -0.608. The Labute approximate surface area is 101 Å². The number of aliphatic hydroxyl groups is 2. The molecule has 0 aliphatic rings. The second kappa shape index (κ2) is 5.80. The van der Waals surface area contributed by atoms with Gasteiger partial charge in [0.2, 0.25) is 0 Å². The van der Waals surface area contributed by atoms with Gasteiger partial charge in [-0.1, -0.05) is 33.6 Å². The van der Waals surface area contributed by atoms with Crippen LogP contribution in [0.1, 0.15) is 18.1 Å². The van der Waals surface area contributed by atoms with E-state index in [4.69, 9.17) is 11.6 Å². The zero-order valence-corrected chi connectivity index (χ0v) is 10.2. The van der Waals surface area contributed by atoms with E-state index in [1.807, 2.05) is 0 Å². The highest BCUT2D eigenvalue weighted by molar-refractivity contribution is 9.09. The summed E-state index contributed by atoms with van der Waals surface area (Å²) >= 11 is 8.71. The summed E-state index contributed by atoms with van der Waals surface area (Å²) in [5.41, 5.74) is 0.0628. The van der Waals surface area contributed by atoms with Crippen LogP contribution in [0.25, 0.3) is 0 Å². The van der Waals surface area contributed by atoms with Gasteiger partial charge in [0.25, 0.3) is 0 Å². The Bertz CT molecular complexity index is 335. The van der Waals surface area contributed by atoms with Crippen molar-refractivity contribution in [1.82, 2.24) is 0 Å². The summed E-state index contributed by atoms with van der Waals surface area (Å²) in [6.07, 6.45) is -1.86. The lowest BCUT2D eigenvalue weighted by Crippen LogP contribution is -2.19. The van der Waals surface area contributed by atoms with E-state index >= 15 is 0 Å². The number of aliphatic hydroxyl groups excluding tert-OH is 2. The third kappa shape index (κ3) is 3.41. The molecule has 15 heavy (non-hydrogen) atoms. The first kappa shape index (κ1) is 12.9. The van der Waals surface area contributed by atoms with Gasteiger partial charge in [-0.15, -0.1) is 0 Å². The van der Waals surface area contributed by atoms with Gasteiger partial charge in [-0.3, -0.25) is 0 Å². The van der Waals surface area contributed by atoms with Crippen molar-refractivity contribution in [2.24, 2.45) is 0 Å².